The molecule has 0 aliphatic carbocycles. The van der Waals surface area contributed by atoms with Crippen LogP contribution in [0, 0.1) is 0 Å². The normalized spacial score (nSPS) is 16.0. The fraction of sp³-hybridized carbons (Fsp3) is 0.636. The molecule has 2 rings (SSSR count). The zero-order chi connectivity index (χ0) is 20.2. The van der Waals surface area contributed by atoms with Crippen molar-refractivity contribution < 1.29 is 4.79 Å². The third kappa shape index (κ3) is 7.89. The summed E-state index contributed by atoms with van der Waals surface area (Å²) < 4.78 is 0. The molecule has 6 heteroatoms. The lowest BCUT2D eigenvalue weighted by atomic mass is 10.1. The molecule has 0 radical (unpaired) electrons. The number of hydrogen-bond acceptors (Lipinski definition) is 3. The highest BCUT2D eigenvalue weighted by Crippen LogP contribution is 2.10. The Morgan fingerprint density at radius 2 is 1.93 bits per heavy atom. The van der Waals surface area contributed by atoms with E-state index in [0.29, 0.717) is 25.6 Å². The number of carbonyl (C=O) groups excluding carboxylic acids is 1. The molecule has 1 aromatic carbocycles. The molecule has 0 aromatic heterocycles. The number of aliphatic imine (C=N–C) groups is 1. The van der Waals surface area contributed by atoms with E-state index in [0.717, 1.165) is 44.0 Å². The van der Waals surface area contributed by atoms with E-state index >= 15 is 0 Å². The molecule has 28 heavy (non-hydrogen) atoms. The van der Waals surface area contributed by atoms with Gasteiger partial charge in [0.05, 0.1) is 6.54 Å². The summed E-state index contributed by atoms with van der Waals surface area (Å²) in [5, 5.41) is 6.86. The highest BCUT2D eigenvalue weighted by Gasteiger charge is 2.19. The molecule has 1 fully saturated rings. The van der Waals surface area contributed by atoms with E-state index in [1.54, 1.807) is 4.90 Å². The Kier molecular flexibility index (Phi) is 9.83. The molecule has 1 aliphatic heterocycles. The van der Waals surface area contributed by atoms with Crippen LogP contribution in [-0.4, -0.2) is 67.5 Å². The van der Waals surface area contributed by atoms with Crippen LogP contribution in [0.1, 0.15) is 45.1 Å². The fourth-order valence-electron chi connectivity index (χ4n) is 3.53. The SMILES string of the molecule is CCCN1CCC(NC(=NCCC(=O)N(C)Cc2ccccc2)NCC)CC1. The zero-order valence-corrected chi connectivity index (χ0v) is 17.8. The van der Waals surface area contributed by atoms with Crippen LogP contribution >= 0.6 is 0 Å². The molecule has 156 valence electrons. The van der Waals surface area contributed by atoms with Crippen LogP contribution in [0.4, 0.5) is 0 Å². The number of amides is 1. The summed E-state index contributed by atoms with van der Waals surface area (Å²) in [5.41, 5.74) is 1.14. The van der Waals surface area contributed by atoms with Gasteiger partial charge in [0.1, 0.15) is 0 Å². The van der Waals surface area contributed by atoms with Crippen LogP contribution < -0.4 is 10.6 Å². The number of piperidine rings is 1. The second-order valence-electron chi connectivity index (χ2n) is 7.51. The van der Waals surface area contributed by atoms with E-state index in [2.05, 4.69) is 34.4 Å². The number of rotatable bonds is 9. The van der Waals surface area contributed by atoms with E-state index in [4.69, 9.17) is 0 Å². The van der Waals surface area contributed by atoms with Gasteiger partial charge in [-0.2, -0.15) is 0 Å². The second kappa shape index (κ2) is 12.4. The van der Waals surface area contributed by atoms with Gasteiger partial charge in [-0.1, -0.05) is 37.3 Å². The van der Waals surface area contributed by atoms with Gasteiger partial charge in [0.2, 0.25) is 5.91 Å². The average Bonchev–Trinajstić information content (AvgIpc) is 2.70. The summed E-state index contributed by atoms with van der Waals surface area (Å²) in [6.45, 7) is 9.75. The summed E-state index contributed by atoms with van der Waals surface area (Å²) in [6, 6.07) is 10.5. The molecule has 0 atom stereocenters. The quantitative estimate of drug-likeness (QED) is 0.505. The Bertz CT molecular complexity index is 596. The van der Waals surface area contributed by atoms with Crippen LogP contribution in [0.3, 0.4) is 0 Å². The van der Waals surface area contributed by atoms with Crippen LogP contribution in [-0.2, 0) is 11.3 Å². The van der Waals surface area contributed by atoms with E-state index in [9.17, 15) is 4.79 Å². The van der Waals surface area contributed by atoms with E-state index < -0.39 is 0 Å². The van der Waals surface area contributed by atoms with Gasteiger partial charge < -0.3 is 20.4 Å². The predicted octanol–water partition coefficient (Wildman–Crippen LogP) is 2.46. The lowest BCUT2D eigenvalue weighted by molar-refractivity contribution is -0.130. The molecular weight excluding hydrogens is 350 g/mol. The highest BCUT2D eigenvalue weighted by molar-refractivity contribution is 5.81. The largest absolute Gasteiger partial charge is 0.357 e. The lowest BCUT2D eigenvalue weighted by Crippen LogP contribution is -2.48. The van der Waals surface area contributed by atoms with Gasteiger partial charge in [-0.15, -0.1) is 0 Å². The summed E-state index contributed by atoms with van der Waals surface area (Å²) in [5.74, 6) is 0.950. The van der Waals surface area contributed by atoms with Crippen LogP contribution in [0.15, 0.2) is 35.3 Å². The first-order valence-electron chi connectivity index (χ1n) is 10.7. The van der Waals surface area contributed by atoms with Crippen LogP contribution in [0.5, 0.6) is 0 Å². The minimum atomic E-state index is 0.122. The molecule has 1 aliphatic rings. The lowest BCUT2D eigenvalue weighted by Gasteiger charge is -2.32. The first-order valence-corrected chi connectivity index (χ1v) is 10.7. The number of carbonyl (C=O) groups is 1. The third-order valence-corrected chi connectivity index (χ3v) is 5.10. The molecule has 0 saturated carbocycles. The summed E-state index contributed by atoms with van der Waals surface area (Å²) in [4.78, 5) is 21.3. The van der Waals surface area contributed by atoms with Gasteiger partial charge in [0.15, 0.2) is 5.96 Å². The first kappa shape index (κ1) is 22.2. The van der Waals surface area contributed by atoms with Gasteiger partial charge in [-0.05, 0) is 38.3 Å². The third-order valence-electron chi connectivity index (χ3n) is 5.10. The molecule has 1 saturated heterocycles. The molecular formula is C22H37N5O. The van der Waals surface area contributed by atoms with Crippen LogP contribution in [0.2, 0.25) is 0 Å². The molecule has 1 heterocycles. The van der Waals surface area contributed by atoms with Crippen molar-refractivity contribution in [1.82, 2.24) is 20.4 Å². The molecule has 0 spiro atoms. The van der Waals surface area contributed by atoms with Crippen molar-refractivity contribution in [3.8, 4) is 0 Å². The van der Waals surface area contributed by atoms with Gasteiger partial charge >= 0.3 is 0 Å². The molecule has 6 nitrogen and oxygen atoms in total. The molecule has 0 bridgehead atoms. The zero-order valence-electron chi connectivity index (χ0n) is 17.8. The number of hydrogen-bond donors (Lipinski definition) is 2. The number of guanidine groups is 1. The van der Waals surface area contributed by atoms with Crippen molar-refractivity contribution in [2.45, 2.75) is 52.1 Å². The molecule has 2 N–H and O–H groups in total. The first-order chi connectivity index (χ1) is 13.6. The van der Waals surface area contributed by atoms with Gasteiger partial charge in [-0.3, -0.25) is 9.79 Å². The summed E-state index contributed by atoms with van der Waals surface area (Å²) in [6.07, 6.45) is 3.93. The average molecular weight is 388 g/mol. The Hall–Kier alpha value is -2.08. The number of nitrogens with one attached hydrogen (secondary N) is 2. The van der Waals surface area contributed by atoms with Crippen molar-refractivity contribution in [1.29, 1.82) is 0 Å². The fourth-order valence-corrected chi connectivity index (χ4v) is 3.53. The number of benzene rings is 1. The molecule has 1 amide bonds. The van der Waals surface area contributed by atoms with Crippen LogP contribution in [0.25, 0.3) is 0 Å². The topological polar surface area (TPSA) is 60.0 Å². The number of likely N-dealkylation sites (tertiary alicyclic amines) is 1. The van der Waals surface area contributed by atoms with Crippen molar-refractivity contribution >= 4 is 11.9 Å². The van der Waals surface area contributed by atoms with Gasteiger partial charge in [0.25, 0.3) is 0 Å². The molecule has 1 aromatic rings. The second-order valence-corrected chi connectivity index (χ2v) is 7.51. The maximum Gasteiger partial charge on any atom is 0.224 e. The van der Waals surface area contributed by atoms with Crippen molar-refractivity contribution in [2.75, 3.05) is 39.8 Å². The van der Waals surface area contributed by atoms with E-state index in [1.807, 2.05) is 37.4 Å². The van der Waals surface area contributed by atoms with Gasteiger partial charge in [-0.25, -0.2) is 0 Å². The van der Waals surface area contributed by atoms with Crippen molar-refractivity contribution in [2.24, 2.45) is 4.99 Å². The Labute approximate surface area is 170 Å². The smallest absolute Gasteiger partial charge is 0.224 e. The Morgan fingerprint density at radius 1 is 1.21 bits per heavy atom. The van der Waals surface area contributed by atoms with E-state index in [1.165, 1.54) is 13.0 Å². The van der Waals surface area contributed by atoms with Crippen molar-refractivity contribution in [3.63, 3.8) is 0 Å². The standard InChI is InChI=1S/C22H37N5O/c1-4-15-27-16-12-20(13-17-27)25-22(23-5-2)24-14-11-21(28)26(3)18-19-9-7-6-8-10-19/h6-10,20H,4-5,11-18H2,1-3H3,(H2,23,24,25). The minimum absolute atomic E-state index is 0.122. The highest BCUT2D eigenvalue weighted by atomic mass is 16.2. The predicted molar refractivity (Wildman–Crippen MR) is 116 cm³/mol. The monoisotopic (exact) mass is 387 g/mol. The maximum atomic E-state index is 12.4. The Morgan fingerprint density at radius 3 is 2.57 bits per heavy atom. The number of nitrogens with zero attached hydrogens (tertiary/aromatic N) is 3. The summed E-state index contributed by atoms with van der Waals surface area (Å²) >= 11 is 0. The van der Waals surface area contributed by atoms with Crippen molar-refractivity contribution in [3.05, 3.63) is 35.9 Å². The Balaban J connectivity index is 1.76. The molecule has 0 unspecified atom stereocenters. The summed E-state index contributed by atoms with van der Waals surface area (Å²) in [7, 11) is 1.85. The minimum Gasteiger partial charge on any atom is -0.357 e. The maximum absolute atomic E-state index is 12.4. The van der Waals surface area contributed by atoms with E-state index in [-0.39, 0.29) is 5.91 Å². The van der Waals surface area contributed by atoms with Gasteiger partial charge in [0, 0.05) is 45.7 Å².